The number of hydrazine groups is 1. The highest BCUT2D eigenvalue weighted by atomic mass is 79.9. The first-order valence-electron chi connectivity index (χ1n) is 7.31. The quantitative estimate of drug-likeness (QED) is 0.710. The van der Waals surface area contributed by atoms with Crippen molar-refractivity contribution in [2.24, 2.45) is 0 Å². The normalized spacial score (nSPS) is 20.2. The van der Waals surface area contributed by atoms with E-state index >= 15 is 0 Å². The molecule has 2 saturated heterocycles. The molecule has 0 spiro atoms. The zero-order chi connectivity index (χ0) is 16.7. The third kappa shape index (κ3) is 2.87. The SMILES string of the molecule is CON1CCN2C(=O)C(c3c(Cl)cc(C)cc3Br)C(=O)N2CC1. The van der Waals surface area contributed by atoms with Crippen LogP contribution < -0.4 is 0 Å². The minimum absolute atomic E-state index is 0.237. The van der Waals surface area contributed by atoms with Gasteiger partial charge in [-0.2, -0.15) is 5.06 Å². The molecule has 0 aromatic heterocycles. The molecular formula is C15H17BrClN3O3. The Hall–Kier alpha value is -1.15. The molecule has 0 unspecified atom stereocenters. The molecule has 2 heterocycles. The van der Waals surface area contributed by atoms with Gasteiger partial charge in [-0.3, -0.25) is 9.59 Å². The Morgan fingerprint density at radius 2 is 1.70 bits per heavy atom. The minimum atomic E-state index is -0.883. The maximum atomic E-state index is 12.8. The van der Waals surface area contributed by atoms with E-state index in [1.807, 2.05) is 13.0 Å². The van der Waals surface area contributed by atoms with E-state index in [4.69, 9.17) is 16.4 Å². The third-order valence-corrected chi connectivity index (χ3v) is 5.16. The Morgan fingerprint density at radius 1 is 1.13 bits per heavy atom. The first-order chi connectivity index (χ1) is 10.9. The average Bonchev–Trinajstić information content (AvgIpc) is 2.67. The lowest BCUT2D eigenvalue weighted by molar-refractivity contribution is -0.145. The highest BCUT2D eigenvalue weighted by Gasteiger charge is 2.48. The van der Waals surface area contributed by atoms with Gasteiger partial charge in [0.05, 0.1) is 20.2 Å². The molecule has 0 atom stereocenters. The van der Waals surface area contributed by atoms with Crippen LogP contribution in [0.25, 0.3) is 0 Å². The summed E-state index contributed by atoms with van der Waals surface area (Å²) in [6.45, 7) is 3.85. The molecule has 0 radical (unpaired) electrons. The lowest BCUT2D eigenvalue weighted by atomic mass is 9.97. The molecule has 2 aliphatic heterocycles. The van der Waals surface area contributed by atoms with E-state index in [1.54, 1.807) is 18.2 Å². The lowest BCUT2D eigenvalue weighted by Gasteiger charge is -2.23. The van der Waals surface area contributed by atoms with E-state index in [9.17, 15) is 9.59 Å². The highest BCUT2D eigenvalue weighted by Crippen LogP contribution is 2.38. The van der Waals surface area contributed by atoms with Gasteiger partial charge in [0.15, 0.2) is 0 Å². The molecule has 3 rings (SSSR count). The van der Waals surface area contributed by atoms with Crippen LogP contribution in [0, 0.1) is 6.92 Å². The van der Waals surface area contributed by atoms with Gasteiger partial charge in [-0.15, -0.1) is 0 Å². The van der Waals surface area contributed by atoms with Crippen molar-refractivity contribution in [1.29, 1.82) is 0 Å². The molecule has 8 heteroatoms. The summed E-state index contributed by atoms with van der Waals surface area (Å²) in [7, 11) is 1.58. The van der Waals surface area contributed by atoms with Crippen LogP contribution >= 0.6 is 27.5 Å². The fourth-order valence-corrected chi connectivity index (χ4v) is 4.34. The van der Waals surface area contributed by atoms with Gasteiger partial charge in [0.25, 0.3) is 11.8 Å². The van der Waals surface area contributed by atoms with Crippen molar-refractivity contribution in [2.45, 2.75) is 12.8 Å². The first kappa shape index (κ1) is 16.7. The average molecular weight is 403 g/mol. The number of amides is 2. The van der Waals surface area contributed by atoms with Gasteiger partial charge in [0.2, 0.25) is 0 Å². The summed E-state index contributed by atoms with van der Waals surface area (Å²) in [6.07, 6.45) is 0. The number of hydrogen-bond donors (Lipinski definition) is 0. The molecule has 1 aromatic carbocycles. The van der Waals surface area contributed by atoms with Crippen LogP contribution in [0.1, 0.15) is 17.0 Å². The van der Waals surface area contributed by atoms with Crippen LogP contribution in [0.3, 0.4) is 0 Å². The Balaban J connectivity index is 1.95. The molecule has 0 N–H and O–H groups in total. The van der Waals surface area contributed by atoms with Gasteiger partial charge in [-0.1, -0.05) is 27.5 Å². The Kier molecular flexibility index (Phi) is 4.64. The third-order valence-electron chi connectivity index (χ3n) is 4.19. The van der Waals surface area contributed by atoms with E-state index in [0.29, 0.717) is 41.2 Å². The van der Waals surface area contributed by atoms with Gasteiger partial charge in [-0.05, 0) is 24.6 Å². The molecule has 2 amide bonds. The molecule has 23 heavy (non-hydrogen) atoms. The van der Waals surface area contributed by atoms with Crippen molar-refractivity contribution in [1.82, 2.24) is 15.1 Å². The summed E-state index contributed by atoms with van der Waals surface area (Å²) < 4.78 is 0.687. The van der Waals surface area contributed by atoms with Crippen molar-refractivity contribution in [3.05, 3.63) is 32.8 Å². The maximum Gasteiger partial charge on any atom is 0.258 e. The number of hydrogen-bond acceptors (Lipinski definition) is 4. The molecule has 124 valence electrons. The van der Waals surface area contributed by atoms with Gasteiger partial charge in [0, 0.05) is 28.1 Å². The van der Waals surface area contributed by atoms with Gasteiger partial charge < -0.3 is 4.84 Å². The fourth-order valence-electron chi connectivity index (χ4n) is 3.04. The Labute approximate surface area is 148 Å². The highest BCUT2D eigenvalue weighted by molar-refractivity contribution is 9.10. The Bertz CT molecular complexity index is 620. The summed E-state index contributed by atoms with van der Waals surface area (Å²) >= 11 is 9.77. The summed E-state index contributed by atoms with van der Waals surface area (Å²) in [5, 5.41) is 5.19. The smallest absolute Gasteiger partial charge is 0.258 e. The van der Waals surface area contributed by atoms with Crippen LogP contribution in [-0.2, 0) is 14.4 Å². The van der Waals surface area contributed by atoms with Crippen molar-refractivity contribution in [3.8, 4) is 0 Å². The number of benzene rings is 1. The predicted molar refractivity (Wildman–Crippen MR) is 88.6 cm³/mol. The van der Waals surface area contributed by atoms with E-state index in [1.165, 1.54) is 10.0 Å². The van der Waals surface area contributed by atoms with E-state index in [-0.39, 0.29) is 11.8 Å². The number of aryl methyl sites for hydroxylation is 1. The number of carbonyl (C=O) groups is 2. The monoisotopic (exact) mass is 401 g/mol. The van der Waals surface area contributed by atoms with Crippen molar-refractivity contribution in [3.63, 3.8) is 0 Å². The summed E-state index contributed by atoms with van der Waals surface area (Å²) in [6, 6.07) is 3.64. The number of rotatable bonds is 2. The maximum absolute atomic E-state index is 12.8. The molecule has 6 nitrogen and oxygen atoms in total. The molecule has 2 fully saturated rings. The number of carbonyl (C=O) groups excluding carboxylic acids is 2. The summed E-state index contributed by atoms with van der Waals surface area (Å²) in [4.78, 5) is 30.8. The van der Waals surface area contributed by atoms with Crippen LogP contribution in [0.2, 0.25) is 5.02 Å². The molecule has 0 saturated carbocycles. The van der Waals surface area contributed by atoms with Crippen LogP contribution in [0.5, 0.6) is 0 Å². The van der Waals surface area contributed by atoms with Gasteiger partial charge >= 0.3 is 0 Å². The Morgan fingerprint density at radius 3 is 2.17 bits per heavy atom. The van der Waals surface area contributed by atoms with Crippen molar-refractivity contribution < 1.29 is 14.4 Å². The molecule has 0 bridgehead atoms. The van der Waals surface area contributed by atoms with Crippen molar-refractivity contribution in [2.75, 3.05) is 33.3 Å². The zero-order valence-corrected chi connectivity index (χ0v) is 15.2. The lowest BCUT2D eigenvalue weighted by Crippen LogP contribution is -2.41. The van der Waals surface area contributed by atoms with Crippen molar-refractivity contribution >= 4 is 39.3 Å². The standard InChI is InChI=1S/C15H17BrClN3O3/c1-9-7-10(16)12(11(17)8-9)13-14(21)19-5-3-18(23-2)4-6-20(19)15(13)22/h7-8,13H,3-6H2,1-2H3. The molecule has 0 aliphatic carbocycles. The fraction of sp³-hybridized carbons (Fsp3) is 0.467. The van der Waals surface area contributed by atoms with E-state index in [0.717, 1.165) is 5.56 Å². The topological polar surface area (TPSA) is 53.1 Å². The molecule has 2 aliphatic rings. The first-order valence-corrected chi connectivity index (χ1v) is 8.48. The van der Waals surface area contributed by atoms with Crippen LogP contribution in [0.15, 0.2) is 16.6 Å². The number of hydroxylamine groups is 2. The van der Waals surface area contributed by atoms with Crippen LogP contribution in [-0.4, -0.2) is 60.2 Å². The molecule has 1 aromatic rings. The summed E-state index contributed by atoms with van der Waals surface area (Å²) in [5.74, 6) is -1.36. The largest absolute Gasteiger partial charge is 0.302 e. The summed E-state index contributed by atoms with van der Waals surface area (Å²) in [5.41, 5.74) is 1.51. The predicted octanol–water partition coefficient (Wildman–Crippen LogP) is 1.96. The minimum Gasteiger partial charge on any atom is -0.302 e. The second-order valence-corrected chi connectivity index (χ2v) is 6.87. The van der Waals surface area contributed by atoms with E-state index in [2.05, 4.69) is 15.9 Å². The van der Waals surface area contributed by atoms with Gasteiger partial charge in [0.1, 0.15) is 5.92 Å². The second-order valence-electron chi connectivity index (χ2n) is 5.61. The molecular weight excluding hydrogens is 386 g/mol. The van der Waals surface area contributed by atoms with E-state index < -0.39 is 5.92 Å². The zero-order valence-electron chi connectivity index (χ0n) is 12.9. The number of fused-ring (bicyclic) bond motifs is 1. The number of nitrogens with zero attached hydrogens (tertiary/aromatic N) is 3. The van der Waals surface area contributed by atoms with Gasteiger partial charge in [-0.25, -0.2) is 10.0 Å². The second kappa shape index (κ2) is 6.39. The number of halogens is 2. The van der Waals surface area contributed by atoms with Crippen LogP contribution in [0.4, 0.5) is 0 Å².